The smallest absolute Gasteiger partial charge is 0.258 e. The maximum atomic E-state index is 9.51. The number of fused-ring (bicyclic) bond motifs is 1. The van der Waals surface area contributed by atoms with E-state index in [-0.39, 0.29) is 6.10 Å². The van der Waals surface area contributed by atoms with Crippen molar-refractivity contribution in [2.45, 2.75) is 33.4 Å². The number of nitrogens with zero attached hydrogens (tertiary/aromatic N) is 6. The van der Waals surface area contributed by atoms with Gasteiger partial charge in [0.25, 0.3) is 5.89 Å². The third-order valence-electron chi connectivity index (χ3n) is 5.62. The van der Waals surface area contributed by atoms with Crippen molar-refractivity contribution in [2.24, 2.45) is 5.92 Å². The number of likely N-dealkylation sites (tertiary alicyclic amines) is 1. The minimum absolute atomic E-state index is 0.0280. The molecule has 1 aliphatic rings. The first-order valence-corrected chi connectivity index (χ1v) is 11.0. The molecular formula is C25H24N6O2. The van der Waals surface area contributed by atoms with Crippen LogP contribution in [0.5, 0.6) is 5.75 Å². The van der Waals surface area contributed by atoms with Crippen molar-refractivity contribution in [3.63, 3.8) is 0 Å². The minimum Gasteiger partial charge on any atom is -0.490 e. The van der Waals surface area contributed by atoms with Crippen molar-refractivity contribution < 1.29 is 9.26 Å². The lowest BCUT2D eigenvalue weighted by Crippen LogP contribution is -2.44. The van der Waals surface area contributed by atoms with Crippen LogP contribution < -0.4 is 4.74 Å². The van der Waals surface area contributed by atoms with E-state index in [0.717, 1.165) is 47.7 Å². The summed E-state index contributed by atoms with van der Waals surface area (Å²) in [5.41, 5.74) is 4.56. The Morgan fingerprint density at radius 1 is 1.15 bits per heavy atom. The molecule has 3 heterocycles. The molecule has 0 bridgehead atoms. The molecule has 166 valence electrons. The Kier molecular flexibility index (Phi) is 5.48. The molecule has 1 aliphatic heterocycles. The quantitative estimate of drug-likeness (QED) is 0.433. The first kappa shape index (κ1) is 21.0. The van der Waals surface area contributed by atoms with Gasteiger partial charge in [-0.05, 0) is 49.6 Å². The number of rotatable bonds is 6. The molecule has 0 atom stereocenters. The van der Waals surface area contributed by atoms with Gasteiger partial charge in [-0.15, -0.1) is 0 Å². The Morgan fingerprint density at radius 2 is 1.94 bits per heavy atom. The zero-order valence-corrected chi connectivity index (χ0v) is 18.8. The Bertz CT molecular complexity index is 1350. The van der Waals surface area contributed by atoms with Crippen molar-refractivity contribution in [1.29, 1.82) is 5.26 Å². The zero-order chi connectivity index (χ0) is 22.9. The molecule has 8 nitrogen and oxygen atoms in total. The van der Waals surface area contributed by atoms with Gasteiger partial charge >= 0.3 is 0 Å². The predicted molar refractivity (Wildman–Crippen MR) is 123 cm³/mol. The standard InChI is InChI=1S/C25H24N6O2/c1-15(2)32-21-7-5-17(10-19(21)11-26)25-29-24(30-33-25)20-6-4-18(14-31-12-16(3)13-31)22-23(20)28-9-8-27-22/h4-10,15-16H,12-14H2,1-3H3. The number of hydrogen-bond donors (Lipinski definition) is 0. The second-order valence-electron chi connectivity index (χ2n) is 8.74. The van der Waals surface area contributed by atoms with Crippen molar-refractivity contribution in [3.8, 4) is 34.7 Å². The monoisotopic (exact) mass is 440 g/mol. The first-order valence-electron chi connectivity index (χ1n) is 11.0. The van der Waals surface area contributed by atoms with E-state index in [0.29, 0.717) is 28.6 Å². The van der Waals surface area contributed by atoms with Crippen LogP contribution in [0.2, 0.25) is 0 Å². The molecule has 4 aromatic rings. The van der Waals surface area contributed by atoms with E-state index in [1.165, 1.54) is 0 Å². The fourth-order valence-corrected chi connectivity index (χ4v) is 4.18. The molecule has 0 aliphatic carbocycles. The van der Waals surface area contributed by atoms with Gasteiger partial charge in [-0.3, -0.25) is 14.9 Å². The van der Waals surface area contributed by atoms with Crippen LogP contribution >= 0.6 is 0 Å². The Balaban J connectivity index is 1.48. The molecule has 1 fully saturated rings. The van der Waals surface area contributed by atoms with E-state index in [1.54, 1.807) is 24.5 Å². The van der Waals surface area contributed by atoms with Crippen LogP contribution in [0.1, 0.15) is 31.9 Å². The zero-order valence-electron chi connectivity index (χ0n) is 18.8. The van der Waals surface area contributed by atoms with E-state index >= 15 is 0 Å². The molecular weight excluding hydrogens is 416 g/mol. The van der Waals surface area contributed by atoms with E-state index in [1.807, 2.05) is 26.0 Å². The SMILES string of the molecule is CC1CN(Cc2ccc(-c3noc(-c4ccc(OC(C)C)c(C#N)c4)n3)c3nccnc23)C1. The number of hydrogen-bond acceptors (Lipinski definition) is 8. The van der Waals surface area contributed by atoms with Crippen LogP contribution in [-0.2, 0) is 6.54 Å². The molecule has 1 saturated heterocycles. The lowest BCUT2D eigenvalue weighted by molar-refractivity contribution is 0.105. The topological polar surface area (TPSA) is 101 Å². The second-order valence-corrected chi connectivity index (χ2v) is 8.74. The molecule has 0 unspecified atom stereocenters. The molecule has 33 heavy (non-hydrogen) atoms. The van der Waals surface area contributed by atoms with Gasteiger partial charge < -0.3 is 9.26 Å². The normalized spacial score (nSPS) is 14.4. The maximum Gasteiger partial charge on any atom is 0.258 e. The number of benzene rings is 2. The summed E-state index contributed by atoms with van der Waals surface area (Å²) in [5, 5.41) is 13.7. The molecule has 2 aromatic carbocycles. The summed E-state index contributed by atoms with van der Waals surface area (Å²) in [6.45, 7) is 9.14. The first-order chi connectivity index (χ1) is 16.0. The summed E-state index contributed by atoms with van der Waals surface area (Å²) >= 11 is 0. The second kappa shape index (κ2) is 8.60. The van der Waals surface area contributed by atoms with Crippen LogP contribution in [0, 0.1) is 17.2 Å². The van der Waals surface area contributed by atoms with Gasteiger partial charge in [-0.25, -0.2) is 0 Å². The van der Waals surface area contributed by atoms with Gasteiger partial charge in [0.05, 0.1) is 22.7 Å². The highest BCUT2D eigenvalue weighted by Crippen LogP contribution is 2.31. The van der Waals surface area contributed by atoms with Crippen molar-refractivity contribution >= 4 is 11.0 Å². The van der Waals surface area contributed by atoms with Crippen LogP contribution in [0.4, 0.5) is 0 Å². The molecule has 0 radical (unpaired) electrons. The van der Waals surface area contributed by atoms with Crippen molar-refractivity contribution in [1.82, 2.24) is 25.0 Å². The highest BCUT2D eigenvalue weighted by molar-refractivity contribution is 5.91. The molecule has 2 aromatic heterocycles. The van der Waals surface area contributed by atoms with Crippen molar-refractivity contribution in [3.05, 3.63) is 53.9 Å². The van der Waals surface area contributed by atoms with Crippen LogP contribution in [0.25, 0.3) is 33.9 Å². The summed E-state index contributed by atoms with van der Waals surface area (Å²) < 4.78 is 11.2. The third-order valence-corrected chi connectivity index (χ3v) is 5.62. The van der Waals surface area contributed by atoms with Gasteiger partial charge in [0.2, 0.25) is 5.82 Å². The maximum absolute atomic E-state index is 9.51. The molecule has 0 amide bonds. The Labute approximate surface area is 191 Å². The molecule has 0 saturated carbocycles. The molecule has 0 spiro atoms. The van der Waals surface area contributed by atoms with Gasteiger partial charge in [0, 0.05) is 37.6 Å². The largest absolute Gasteiger partial charge is 0.490 e. The lowest BCUT2D eigenvalue weighted by Gasteiger charge is -2.37. The summed E-state index contributed by atoms with van der Waals surface area (Å²) in [4.78, 5) is 16.2. The molecule has 8 heteroatoms. The highest BCUT2D eigenvalue weighted by Gasteiger charge is 2.24. The van der Waals surface area contributed by atoms with Gasteiger partial charge in [-0.2, -0.15) is 10.2 Å². The van der Waals surface area contributed by atoms with Gasteiger partial charge in [0.1, 0.15) is 17.3 Å². The summed E-state index contributed by atoms with van der Waals surface area (Å²) in [7, 11) is 0. The molecule has 5 rings (SSSR count). The van der Waals surface area contributed by atoms with Crippen LogP contribution in [0.15, 0.2) is 47.2 Å². The average Bonchev–Trinajstić information content (AvgIpc) is 3.28. The van der Waals surface area contributed by atoms with E-state index in [4.69, 9.17) is 9.26 Å². The van der Waals surface area contributed by atoms with Crippen LogP contribution in [0.3, 0.4) is 0 Å². The highest BCUT2D eigenvalue weighted by atomic mass is 16.5. The third kappa shape index (κ3) is 4.15. The summed E-state index contributed by atoms with van der Waals surface area (Å²) in [6.07, 6.45) is 3.36. The van der Waals surface area contributed by atoms with Crippen LogP contribution in [-0.4, -0.2) is 44.2 Å². The molecule has 0 N–H and O–H groups in total. The number of aromatic nitrogens is 4. The summed E-state index contributed by atoms with van der Waals surface area (Å²) in [6, 6.07) is 11.5. The van der Waals surface area contributed by atoms with E-state index < -0.39 is 0 Å². The number of nitriles is 1. The minimum atomic E-state index is -0.0280. The fraction of sp³-hybridized carbons (Fsp3) is 0.320. The predicted octanol–water partition coefficient (Wildman–Crippen LogP) is 4.46. The average molecular weight is 441 g/mol. The fourth-order valence-electron chi connectivity index (χ4n) is 4.18. The Morgan fingerprint density at radius 3 is 2.67 bits per heavy atom. The van der Waals surface area contributed by atoms with Gasteiger partial charge in [-0.1, -0.05) is 18.1 Å². The van der Waals surface area contributed by atoms with Crippen molar-refractivity contribution in [2.75, 3.05) is 13.1 Å². The number of ether oxygens (including phenoxy) is 1. The van der Waals surface area contributed by atoms with Gasteiger partial charge in [0.15, 0.2) is 0 Å². The Hall–Kier alpha value is -3.83. The lowest BCUT2D eigenvalue weighted by atomic mass is 10.0. The van der Waals surface area contributed by atoms with E-state index in [9.17, 15) is 5.26 Å². The van der Waals surface area contributed by atoms with E-state index in [2.05, 4.69) is 44.1 Å². The summed E-state index contributed by atoms with van der Waals surface area (Å²) in [5.74, 6) is 2.03.